The maximum atomic E-state index is 14.0. The van der Waals surface area contributed by atoms with Gasteiger partial charge in [0.15, 0.2) is 17.3 Å². The van der Waals surface area contributed by atoms with Crippen molar-refractivity contribution in [2.45, 2.75) is 19.4 Å². The number of rotatable bonds is 4. The fraction of sp³-hybridized carbons (Fsp3) is 0.350. The number of fused-ring (bicyclic) bond motifs is 1. The Bertz CT molecular complexity index is 822. The Morgan fingerprint density at radius 2 is 2.08 bits per heavy atom. The maximum absolute atomic E-state index is 14.0. The van der Waals surface area contributed by atoms with Gasteiger partial charge < -0.3 is 9.47 Å². The number of nitrogens with zero attached hydrogens (tertiary/aromatic N) is 1. The van der Waals surface area contributed by atoms with Gasteiger partial charge in [-0.3, -0.25) is 9.69 Å². The van der Waals surface area contributed by atoms with Crippen LogP contribution in [-0.4, -0.2) is 30.6 Å². The average molecular weight is 376 g/mol. The summed E-state index contributed by atoms with van der Waals surface area (Å²) in [5.74, 6) is 0.951. The van der Waals surface area contributed by atoms with Crippen LogP contribution in [0.25, 0.3) is 0 Å². The fourth-order valence-electron chi connectivity index (χ4n) is 3.61. The summed E-state index contributed by atoms with van der Waals surface area (Å²) in [6.07, 6.45) is 1.72. The van der Waals surface area contributed by atoms with E-state index < -0.39 is 0 Å². The second-order valence-electron chi connectivity index (χ2n) is 6.71. The van der Waals surface area contributed by atoms with Gasteiger partial charge in [-0.1, -0.05) is 17.7 Å². The molecule has 2 heterocycles. The standard InChI is InChI=1S/C20H19ClFNO3/c21-16-4-1-5-17(22)15(16)11-23-8-2-3-14(10-23)20(24)13-6-7-18-19(9-13)26-12-25-18/h1,4-7,9,14H,2-3,8,10-12H2/t14-/m1/s1. The molecule has 0 unspecified atom stereocenters. The molecule has 136 valence electrons. The van der Waals surface area contributed by atoms with Crippen molar-refractivity contribution in [3.05, 3.63) is 58.4 Å². The summed E-state index contributed by atoms with van der Waals surface area (Å²) in [5.41, 5.74) is 1.12. The van der Waals surface area contributed by atoms with Gasteiger partial charge in [-0.05, 0) is 49.7 Å². The topological polar surface area (TPSA) is 38.8 Å². The van der Waals surface area contributed by atoms with Gasteiger partial charge in [0, 0.05) is 35.2 Å². The molecule has 6 heteroatoms. The molecule has 0 aliphatic carbocycles. The van der Waals surface area contributed by atoms with Gasteiger partial charge in [0.2, 0.25) is 6.79 Å². The first-order valence-corrected chi connectivity index (χ1v) is 9.09. The number of ketones is 1. The Labute approximate surface area is 156 Å². The highest BCUT2D eigenvalue weighted by molar-refractivity contribution is 6.31. The first-order valence-electron chi connectivity index (χ1n) is 8.71. The zero-order chi connectivity index (χ0) is 18.1. The van der Waals surface area contributed by atoms with Gasteiger partial charge in [-0.2, -0.15) is 0 Å². The van der Waals surface area contributed by atoms with E-state index in [1.54, 1.807) is 30.3 Å². The van der Waals surface area contributed by atoms with Crippen LogP contribution in [0.2, 0.25) is 5.02 Å². The Hall–Kier alpha value is -2.11. The highest BCUT2D eigenvalue weighted by Gasteiger charge is 2.28. The molecule has 0 spiro atoms. The van der Waals surface area contributed by atoms with E-state index in [9.17, 15) is 9.18 Å². The van der Waals surface area contributed by atoms with Crippen molar-refractivity contribution in [1.29, 1.82) is 0 Å². The van der Waals surface area contributed by atoms with Gasteiger partial charge >= 0.3 is 0 Å². The number of ether oxygens (including phenoxy) is 2. The van der Waals surface area contributed by atoms with Crippen molar-refractivity contribution in [1.82, 2.24) is 4.90 Å². The molecule has 2 aromatic rings. The van der Waals surface area contributed by atoms with Crippen molar-refractivity contribution >= 4 is 17.4 Å². The van der Waals surface area contributed by atoms with E-state index in [0.29, 0.717) is 40.7 Å². The minimum atomic E-state index is -0.304. The molecular formula is C20H19ClFNO3. The quantitative estimate of drug-likeness (QED) is 0.747. The smallest absolute Gasteiger partial charge is 0.231 e. The molecule has 26 heavy (non-hydrogen) atoms. The summed E-state index contributed by atoms with van der Waals surface area (Å²) < 4.78 is 24.7. The minimum absolute atomic E-state index is 0.0904. The number of carbonyl (C=O) groups is 1. The van der Waals surface area contributed by atoms with Gasteiger partial charge in [0.05, 0.1) is 0 Å². The van der Waals surface area contributed by atoms with E-state index >= 15 is 0 Å². The molecule has 4 nitrogen and oxygen atoms in total. The number of hydrogen-bond acceptors (Lipinski definition) is 4. The predicted octanol–water partition coefficient (Wildman–Crippen LogP) is 4.30. The van der Waals surface area contributed by atoms with Crippen molar-refractivity contribution in [2.24, 2.45) is 5.92 Å². The molecule has 0 bridgehead atoms. The van der Waals surface area contributed by atoms with Crippen molar-refractivity contribution < 1.29 is 18.7 Å². The zero-order valence-corrected chi connectivity index (χ0v) is 15.0. The molecule has 0 aromatic heterocycles. The Morgan fingerprint density at radius 1 is 1.23 bits per heavy atom. The van der Waals surface area contributed by atoms with Gasteiger partial charge in [-0.15, -0.1) is 0 Å². The van der Waals surface area contributed by atoms with Crippen LogP contribution in [0.5, 0.6) is 11.5 Å². The highest BCUT2D eigenvalue weighted by Crippen LogP contribution is 2.34. The Kier molecular flexibility index (Phi) is 4.83. The molecule has 2 aromatic carbocycles. The first-order chi connectivity index (χ1) is 12.6. The molecule has 1 saturated heterocycles. The molecular weight excluding hydrogens is 357 g/mol. The van der Waals surface area contributed by atoms with E-state index in [4.69, 9.17) is 21.1 Å². The number of likely N-dealkylation sites (tertiary alicyclic amines) is 1. The van der Waals surface area contributed by atoms with Crippen LogP contribution in [0.4, 0.5) is 4.39 Å². The van der Waals surface area contributed by atoms with Crippen LogP contribution in [-0.2, 0) is 6.54 Å². The lowest BCUT2D eigenvalue weighted by Gasteiger charge is -2.32. The van der Waals surface area contributed by atoms with E-state index in [0.717, 1.165) is 19.4 Å². The summed E-state index contributed by atoms with van der Waals surface area (Å²) >= 11 is 6.14. The second-order valence-corrected chi connectivity index (χ2v) is 7.11. The zero-order valence-electron chi connectivity index (χ0n) is 14.2. The molecule has 0 amide bonds. The van der Waals surface area contributed by atoms with E-state index in [2.05, 4.69) is 4.90 Å². The van der Waals surface area contributed by atoms with Crippen LogP contribution in [0.15, 0.2) is 36.4 Å². The number of hydrogen-bond donors (Lipinski definition) is 0. The summed E-state index contributed by atoms with van der Waals surface area (Å²) in [6.45, 7) is 2.03. The second kappa shape index (κ2) is 7.25. The third-order valence-corrected chi connectivity index (χ3v) is 5.33. The summed E-state index contributed by atoms with van der Waals surface area (Å²) in [7, 11) is 0. The van der Waals surface area contributed by atoms with Gasteiger partial charge in [-0.25, -0.2) is 4.39 Å². The Morgan fingerprint density at radius 3 is 2.92 bits per heavy atom. The normalized spacial score (nSPS) is 19.5. The summed E-state index contributed by atoms with van der Waals surface area (Å²) in [5, 5.41) is 0.425. The molecule has 2 aliphatic rings. The highest BCUT2D eigenvalue weighted by atomic mass is 35.5. The molecule has 1 fully saturated rings. The summed E-state index contributed by atoms with van der Waals surface area (Å²) in [6, 6.07) is 10.0. The number of halogens is 2. The van der Waals surface area contributed by atoms with Crippen molar-refractivity contribution in [2.75, 3.05) is 19.9 Å². The third kappa shape index (κ3) is 3.41. The molecule has 1 atom stereocenters. The molecule has 0 saturated carbocycles. The van der Waals surface area contributed by atoms with Gasteiger partial charge in [0.25, 0.3) is 0 Å². The van der Waals surface area contributed by atoms with E-state index in [-0.39, 0.29) is 24.3 Å². The van der Waals surface area contributed by atoms with E-state index in [1.165, 1.54) is 6.07 Å². The van der Waals surface area contributed by atoms with Crippen LogP contribution in [0, 0.1) is 11.7 Å². The molecule has 0 N–H and O–H groups in total. The van der Waals surface area contributed by atoms with Crippen LogP contribution in [0.3, 0.4) is 0 Å². The minimum Gasteiger partial charge on any atom is -0.454 e. The lowest BCUT2D eigenvalue weighted by atomic mass is 9.89. The van der Waals surface area contributed by atoms with Crippen LogP contribution >= 0.6 is 11.6 Å². The monoisotopic (exact) mass is 375 g/mol. The molecule has 2 aliphatic heterocycles. The SMILES string of the molecule is O=C(c1ccc2c(c1)OCO2)[C@@H]1CCCN(Cc2c(F)cccc2Cl)C1. The molecule has 0 radical (unpaired) electrons. The fourth-order valence-corrected chi connectivity index (χ4v) is 3.83. The lowest BCUT2D eigenvalue weighted by molar-refractivity contribution is 0.0810. The first kappa shape index (κ1) is 17.3. The predicted molar refractivity (Wildman–Crippen MR) is 96.3 cm³/mol. The summed E-state index contributed by atoms with van der Waals surface area (Å²) in [4.78, 5) is 15.0. The van der Waals surface area contributed by atoms with Crippen molar-refractivity contribution in [3.8, 4) is 11.5 Å². The van der Waals surface area contributed by atoms with Crippen LogP contribution < -0.4 is 9.47 Å². The van der Waals surface area contributed by atoms with Gasteiger partial charge in [0.1, 0.15) is 5.82 Å². The maximum Gasteiger partial charge on any atom is 0.231 e. The Balaban J connectivity index is 1.47. The van der Waals surface area contributed by atoms with Crippen molar-refractivity contribution in [3.63, 3.8) is 0 Å². The van der Waals surface area contributed by atoms with E-state index in [1.807, 2.05) is 0 Å². The largest absolute Gasteiger partial charge is 0.454 e. The number of benzene rings is 2. The molecule has 4 rings (SSSR count). The number of Topliss-reactive ketones (excluding diaryl/α,β-unsaturated/α-hetero) is 1. The third-order valence-electron chi connectivity index (χ3n) is 4.98. The lowest BCUT2D eigenvalue weighted by Crippen LogP contribution is -2.38. The number of piperidine rings is 1. The number of carbonyl (C=O) groups excluding carboxylic acids is 1. The average Bonchev–Trinajstić information content (AvgIpc) is 3.12. The van der Waals surface area contributed by atoms with Crippen LogP contribution in [0.1, 0.15) is 28.8 Å².